The Labute approximate surface area is 164 Å². The Morgan fingerprint density at radius 1 is 1.15 bits per heavy atom. The highest BCUT2D eigenvalue weighted by Crippen LogP contribution is 2.45. The zero-order valence-electron chi connectivity index (χ0n) is 16.8. The molecule has 2 aliphatic heterocycles. The first kappa shape index (κ1) is 18.9. The smallest absolute Gasteiger partial charge is 0.221 e. The molecule has 1 aliphatic carbocycles. The molecule has 4 nitrogen and oxygen atoms in total. The van der Waals surface area contributed by atoms with Crippen LogP contribution in [-0.2, 0) is 4.79 Å². The van der Waals surface area contributed by atoms with Crippen molar-refractivity contribution in [2.24, 2.45) is 5.41 Å². The van der Waals surface area contributed by atoms with Gasteiger partial charge in [-0.25, -0.2) is 0 Å². The van der Waals surface area contributed by atoms with Crippen molar-refractivity contribution in [2.45, 2.75) is 57.4 Å². The molecule has 3 aliphatic rings. The van der Waals surface area contributed by atoms with E-state index in [1.165, 1.54) is 50.8 Å². The molecule has 2 heterocycles. The summed E-state index contributed by atoms with van der Waals surface area (Å²) in [6.07, 6.45) is 6.89. The van der Waals surface area contributed by atoms with Gasteiger partial charge in [0, 0.05) is 32.1 Å². The second kappa shape index (κ2) is 8.32. The number of nitrogens with one attached hydrogen (secondary N) is 1. The van der Waals surface area contributed by atoms with Gasteiger partial charge in [-0.15, -0.1) is 0 Å². The number of carbonyl (C=O) groups excluding carboxylic acids is 1. The van der Waals surface area contributed by atoms with Crippen LogP contribution in [0.5, 0.6) is 0 Å². The van der Waals surface area contributed by atoms with Crippen LogP contribution in [0, 0.1) is 5.41 Å². The van der Waals surface area contributed by atoms with Crippen molar-refractivity contribution in [1.82, 2.24) is 15.1 Å². The van der Waals surface area contributed by atoms with Gasteiger partial charge in [-0.1, -0.05) is 37.3 Å². The monoisotopic (exact) mass is 369 g/mol. The molecule has 1 aromatic rings. The van der Waals surface area contributed by atoms with Gasteiger partial charge in [0.25, 0.3) is 0 Å². The molecule has 1 amide bonds. The second-order valence-electron chi connectivity index (χ2n) is 9.07. The molecule has 0 unspecified atom stereocenters. The highest BCUT2D eigenvalue weighted by atomic mass is 16.1. The lowest BCUT2D eigenvalue weighted by Crippen LogP contribution is -2.51. The summed E-state index contributed by atoms with van der Waals surface area (Å²) in [5, 5.41) is 3.12. The third-order valence-electron chi connectivity index (χ3n) is 6.95. The first-order valence-electron chi connectivity index (χ1n) is 10.9. The summed E-state index contributed by atoms with van der Waals surface area (Å²) in [6.45, 7) is 9.13. The minimum Gasteiger partial charge on any atom is -0.353 e. The molecular formula is C23H35N3O. The number of likely N-dealkylation sites (tertiary alicyclic amines) is 2. The summed E-state index contributed by atoms with van der Waals surface area (Å²) in [4.78, 5) is 17.1. The van der Waals surface area contributed by atoms with E-state index >= 15 is 0 Å². The zero-order chi connectivity index (χ0) is 18.7. The van der Waals surface area contributed by atoms with Crippen molar-refractivity contribution >= 4 is 5.91 Å². The molecule has 0 radical (unpaired) electrons. The lowest BCUT2D eigenvalue weighted by atomic mass is 9.68. The maximum absolute atomic E-state index is 12.0. The van der Waals surface area contributed by atoms with Crippen LogP contribution in [0.2, 0.25) is 0 Å². The number of benzene rings is 1. The van der Waals surface area contributed by atoms with Gasteiger partial charge >= 0.3 is 0 Å². The number of hydrogen-bond acceptors (Lipinski definition) is 3. The van der Waals surface area contributed by atoms with Crippen LogP contribution in [0.15, 0.2) is 30.3 Å². The predicted octanol–water partition coefficient (Wildman–Crippen LogP) is 3.25. The Bertz CT molecular complexity index is 620. The second-order valence-corrected chi connectivity index (χ2v) is 9.07. The van der Waals surface area contributed by atoms with Gasteiger partial charge in [0.05, 0.1) is 0 Å². The van der Waals surface area contributed by atoms with Crippen molar-refractivity contribution in [3.8, 4) is 0 Å². The Morgan fingerprint density at radius 3 is 2.56 bits per heavy atom. The van der Waals surface area contributed by atoms with Gasteiger partial charge in [-0.05, 0) is 68.6 Å². The Kier molecular flexibility index (Phi) is 5.84. The molecule has 1 N–H and O–H groups in total. The van der Waals surface area contributed by atoms with Crippen LogP contribution in [0.3, 0.4) is 0 Å². The molecule has 1 atom stereocenters. The number of rotatable bonds is 6. The van der Waals surface area contributed by atoms with E-state index in [1.807, 2.05) is 0 Å². The van der Waals surface area contributed by atoms with E-state index in [0.717, 1.165) is 26.2 Å². The highest BCUT2D eigenvalue weighted by Gasteiger charge is 2.41. The fraction of sp³-hybridized carbons (Fsp3) is 0.696. The van der Waals surface area contributed by atoms with Crippen LogP contribution in [0.25, 0.3) is 0 Å². The number of hydrogen-bond donors (Lipinski definition) is 1. The molecule has 0 bridgehead atoms. The molecule has 27 heavy (non-hydrogen) atoms. The van der Waals surface area contributed by atoms with E-state index in [-0.39, 0.29) is 5.91 Å². The van der Waals surface area contributed by atoms with E-state index in [2.05, 4.69) is 52.4 Å². The molecule has 2 saturated heterocycles. The fourth-order valence-electron chi connectivity index (χ4n) is 5.09. The molecular weight excluding hydrogens is 334 g/mol. The van der Waals surface area contributed by atoms with Gasteiger partial charge in [0.15, 0.2) is 0 Å². The normalized spacial score (nSPS) is 26.2. The summed E-state index contributed by atoms with van der Waals surface area (Å²) in [6, 6.07) is 11.6. The van der Waals surface area contributed by atoms with Crippen molar-refractivity contribution < 1.29 is 4.79 Å². The van der Waals surface area contributed by atoms with Gasteiger partial charge in [0.1, 0.15) is 0 Å². The molecule has 1 aromatic carbocycles. The fourth-order valence-corrected chi connectivity index (χ4v) is 5.09. The van der Waals surface area contributed by atoms with Crippen molar-refractivity contribution in [3.05, 3.63) is 35.9 Å². The maximum atomic E-state index is 12.0. The minimum absolute atomic E-state index is 0.247. The summed E-state index contributed by atoms with van der Waals surface area (Å²) in [5.41, 5.74) is 1.97. The van der Waals surface area contributed by atoms with Crippen LogP contribution in [0.4, 0.5) is 0 Å². The zero-order valence-corrected chi connectivity index (χ0v) is 16.8. The number of likely N-dealkylation sites (N-methyl/N-ethyl adjacent to an activating group) is 1. The standard InChI is InChI=1S/C23H35N3O/c1-2-25-17-20(19-6-4-3-5-7-19)16-23(18-25)11-14-26(15-12-23)13-10-22(27)24-21-8-9-21/h3-7,20-21H,2,8-18H2,1H3,(H,24,27)/t20-/m0/s1. The van der Waals surface area contributed by atoms with Gasteiger partial charge in [-0.3, -0.25) is 4.79 Å². The van der Waals surface area contributed by atoms with Crippen LogP contribution >= 0.6 is 0 Å². The predicted molar refractivity (Wildman–Crippen MR) is 110 cm³/mol. The molecule has 1 spiro atoms. The van der Waals surface area contributed by atoms with Gasteiger partial charge < -0.3 is 15.1 Å². The van der Waals surface area contributed by atoms with E-state index in [1.54, 1.807) is 0 Å². The van der Waals surface area contributed by atoms with Gasteiger partial charge in [0.2, 0.25) is 5.91 Å². The molecule has 3 fully saturated rings. The summed E-state index contributed by atoms with van der Waals surface area (Å²) in [5.74, 6) is 0.910. The lowest BCUT2D eigenvalue weighted by molar-refractivity contribution is -0.121. The quantitative estimate of drug-likeness (QED) is 0.836. The number of amides is 1. The molecule has 0 aromatic heterocycles. The number of nitrogens with zero attached hydrogens (tertiary/aromatic N) is 2. The number of piperidine rings is 2. The first-order valence-corrected chi connectivity index (χ1v) is 10.9. The molecule has 4 heteroatoms. The van der Waals surface area contributed by atoms with Crippen molar-refractivity contribution in [1.29, 1.82) is 0 Å². The van der Waals surface area contributed by atoms with Crippen LogP contribution in [-0.4, -0.2) is 61.0 Å². The first-order chi connectivity index (χ1) is 13.2. The van der Waals surface area contributed by atoms with Crippen molar-refractivity contribution in [3.63, 3.8) is 0 Å². The van der Waals surface area contributed by atoms with Crippen molar-refractivity contribution in [2.75, 3.05) is 39.3 Å². The minimum atomic E-state index is 0.247. The highest BCUT2D eigenvalue weighted by molar-refractivity contribution is 5.76. The third kappa shape index (κ3) is 4.91. The average Bonchev–Trinajstić information content (AvgIpc) is 3.52. The average molecular weight is 370 g/mol. The van der Waals surface area contributed by atoms with E-state index < -0.39 is 0 Å². The Balaban J connectivity index is 1.32. The molecule has 148 valence electrons. The van der Waals surface area contributed by atoms with E-state index in [4.69, 9.17) is 0 Å². The lowest BCUT2D eigenvalue weighted by Gasteiger charge is -2.50. The Hall–Kier alpha value is -1.39. The largest absolute Gasteiger partial charge is 0.353 e. The van der Waals surface area contributed by atoms with Gasteiger partial charge in [-0.2, -0.15) is 0 Å². The van der Waals surface area contributed by atoms with Crippen LogP contribution in [0.1, 0.15) is 56.9 Å². The summed E-state index contributed by atoms with van der Waals surface area (Å²) < 4.78 is 0. The summed E-state index contributed by atoms with van der Waals surface area (Å²) in [7, 11) is 0. The Morgan fingerprint density at radius 2 is 1.89 bits per heavy atom. The maximum Gasteiger partial charge on any atom is 0.221 e. The molecule has 4 rings (SSSR count). The SMILES string of the molecule is CCN1C[C@@H](c2ccccc2)CC2(CCN(CCC(=O)NC3CC3)CC2)C1. The third-order valence-corrected chi connectivity index (χ3v) is 6.95. The van der Waals surface area contributed by atoms with Crippen LogP contribution < -0.4 is 5.32 Å². The topological polar surface area (TPSA) is 35.6 Å². The van der Waals surface area contributed by atoms with E-state index in [9.17, 15) is 4.79 Å². The number of carbonyl (C=O) groups is 1. The summed E-state index contributed by atoms with van der Waals surface area (Å²) >= 11 is 0. The van der Waals surface area contributed by atoms with E-state index in [0.29, 0.717) is 23.8 Å². The molecule has 1 saturated carbocycles.